The Morgan fingerprint density at radius 1 is 1.75 bits per heavy atom. The first-order valence-corrected chi connectivity index (χ1v) is 2.15. The van der Waals surface area contributed by atoms with E-state index in [4.69, 9.17) is 0 Å². The zero-order chi connectivity index (χ0) is 6.41. The lowest BCUT2D eigenvalue weighted by Crippen LogP contribution is -1.78. The van der Waals surface area contributed by atoms with Gasteiger partial charge in [0.25, 0.3) is 0 Å². The van der Waals surface area contributed by atoms with Crippen molar-refractivity contribution in [2.45, 2.75) is 6.42 Å². The third-order valence-electron chi connectivity index (χ3n) is 0.681. The Morgan fingerprint density at radius 3 is 2.50 bits per heavy atom. The van der Waals surface area contributed by atoms with Crippen LogP contribution in [0.15, 0.2) is 18.2 Å². The summed E-state index contributed by atoms with van der Waals surface area (Å²) in [5.74, 6) is 1.57. The topological polar surface area (TPSA) is 34.1 Å². The summed E-state index contributed by atoms with van der Waals surface area (Å²) in [6.07, 6.45) is 2.08. The zero-order valence-corrected chi connectivity index (χ0v) is 4.39. The molecular weight excluding hydrogens is 104 g/mol. The average molecular weight is 110 g/mol. The molecule has 0 atom stereocenters. The van der Waals surface area contributed by atoms with Crippen LogP contribution in [-0.4, -0.2) is 12.2 Å². The maximum absolute atomic E-state index is 9.73. The molecule has 0 heterocycles. The number of carbonyl (C=O) groups is 1. The Kier molecular flexibility index (Phi) is 3.46. The lowest BCUT2D eigenvalue weighted by atomic mass is 10.2. The third kappa shape index (κ3) is 2.11. The molecule has 0 aliphatic heterocycles. The molecule has 0 aromatic rings. The lowest BCUT2D eigenvalue weighted by molar-refractivity contribution is -0.107. The molecule has 0 saturated carbocycles. The smallest absolute Gasteiger partial charge is 0.128 e. The monoisotopic (exact) mass is 110 g/mol. The summed E-state index contributed by atoms with van der Waals surface area (Å²) in [4.78, 5) is 19.4. The Morgan fingerprint density at radius 2 is 2.38 bits per heavy atom. The minimum atomic E-state index is 0.118. The van der Waals surface area contributed by atoms with Crippen molar-refractivity contribution in [3.05, 3.63) is 18.2 Å². The fraction of sp³-hybridized carbons (Fsp3) is 0.167. The Bertz CT molecular complexity index is 141. The van der Waals surface area contributed by atoms with E-state index in [1.807, 2.05) is 0 Å². The second-order valence-corrected chi connectivity index (χ2v) is 1.20. The number of hydrogen-bond donors (Lipinski definition) is 0. The summed E-state index contributed by atoms with van der Waals surface area (Å²) in [6.45, 7) is 3.29. The summed E-state index contributed by atoms with van der Waals surface area (Å²) in [5.41, 5.74) is 0.306. The highest BCUT2D eigenvalue weighted by molar-refractivity contribution is 5.66. The van der Waals surface area contributed by atoms with E-state index in [0.29, 0.717) is 11.9 Å². The largest absolute Gasteiger partial charge is 0.303 e. The minimum absolute atomic E-state index is 0.118. The van der Waals surface area contributed by atoms with Crippen LogP contribution in [-0.2, 0) is 9.59 Å². The Hall–Kier alpha value is -1.14. The summed E-state index contributed by atoms with van der Waals surface area (Å²) in [7, 11) is 0. The van der Waals surface area contributed by atoms with Crippen LogP contribution in [0, 0.1) is 0 Å². The second-order valence-electron chi connectivity index (χ2n) is 1.20. The van der Waals surface area contributed by atoms with Crippen molar-refractivity contribution in [1.29, 1.82) is 0 Å². The van der Waals surface area contributed by atoms with E-state index in [1.165, 1.54) is 6.08 Å². The molecule has 0 bridgehead atoms. The van der Waals surface area contributed by atoms with Gasteiger partial charge in [0.1, 0.15) is 12.2 Å². The maximum atomic E-state index is 9.73. The van der Waals surface area contributed by atoms with Gasteiger partial charge in [-0.25, -0.2) is 4.79 Å². The van der Waals surface area contributed by atoms with E-state index in [2.05, 4.69) is 6.58 Å². The van der Waals surface area contributed by atoms with E-state index in [1.54, 1.807) is 5.94 Å². The van der Waals surface area contributed by atoms with Gasteiger partial charge in [-0.15, -0.1) is 0 Å². The van der Waals surface area contributed by atoms with Gasteiger partial charge in [-0.3, -0.25) is 0 Å². The van der Waals surface area contributed by atoms with Crippen molar-refractivity contribution in [3.8, 4) is 0 Å². The van der Waals surface area contributed by atoms with Crippen molar-refractivity contribution in [1.82, 2.24) is 0 Å². The van der Waals surface area contributed by atoms with Gasteiger partial charge in [0.05, 0.1) is 0 Å². The zero-order valence-electron chi connectivity index (χ0n) is 4.39. The van der Waals surface area contributed by atoms with Crippen LogP contribution in [0.1, 0.15) is 6.42 Å². The minimum Gasteiger partial charge on any atom is -0.303 e. The predicted octanol–water partition coefficient (Wildman–Crippen LogP) is 0.519. The summed E-state index contributed by atoms with van der Waals surface area (Å²) in [5, 5.41) is 0. The Labute approximate surface area is 47.5 Å². The van der Waals surface area contributed by atoms with Crippen molar-refractivity contribution >= 4 is 12.2 Å². The van der Waals surface area contributed by atoms with Crippen molar-refractivity contribution in [2.75, 3.05) is 0 Å². The molecule has 0 unspecified atom stereocenters. The first-order chi connectivity index (χ1) is 3.85. The van der Waals surface area contributed by atoms with Crippen LogP contribution < -0.4 is 0 Å². The van der Waals surface area contributed by atoms with Crippen LogP contribution in [0.4, 0.5) is 0 Å². The predicted molar refractivity (Wildman–Crippen MR) is 30.1 cm³/mol. The highest BCUT2D eigenvalue weighted by Gasteiger charge is 1.86. The molecule has 0 aliphatic rings. The van der Waals surface area contributed by atoms with Crippen molar-refractivity contribution in [2.24, 2.45) is 0 Å². The molecule has 0 amide bonds. The molecule has 0 fully saturated rings. The van der Waals surface area contributed by atoms with Gasteiger partial charge in [-0.1, -0.05) is 12.7 Å². The van der Waals surface area contributed by atoms with Crippen LogP contribution in [0.25, 0.3) is 0 Å². The first-order valence-electron chi connectivity index (χ1n) is 2.15. The van der Waals surface area contributed by atoms with Gasteiger partial charge in [0.2, 0.25) is 0 Å². The fourth-order valence-corrected chi connectivity index (χ4v) is 0.256. The molecule has 0 spiro atoms. The van der Waals surface area contributed by atoms with Gasteiger partial charge in [-0.2, -0.15) is 0 Å². The molecule has 2 nitrogen and oxygen atoms in total. The molecule has 0 N–H and O–H groups in total. The number of rotatable bonds is 3. The standard InChI is InChI=1S/C6H6O2/c1-2-6(5-8)3-4-7/h2,4H,1,3H2. The lowest BCUT2D eigenvalue weighted by Gasteiger charge is -1.79. The van der Waals surface area contributed by atoms with Crippen LogP contribution in [0.3, 0.4) is 0 Å². The summed E-state index contributed by atoms with van der Waals surface area (Å²) < 4.78 is 0. The molecule has 0 radical (unpaired) electrons. The van der Waals surface area contributed by atoms with Gasteiger partial charge in [0, 0.05) is 12.0 Å². The average Bonchev–Trinajstić information content (AvgIpc) is 1.83. The Balaban J connectivity index is 3.91. The van der Waals surface area contributed by atoms with E-state index < -0.39 is 0 Å². The van der Waals surface area contributed by atoms with E-state index in [0.717, 1.165) is 0 Å². The summed E-state index contributed by atoms with van der Waals surface area (Å²) >= 11 is 0. The van der Waals surface area contributed by atoms with Crippen LogP contribution in [0.2, 0.25) is 0 Å². The molecule has 0 aliphatic carbocycles. The van der Waals surface area contributed by atoms with Gasteiger partial charge < -0.3 is 4.79 Å². The molecule has 42 valence electrons. The molecule has 8 heavy (non-hydrogen) atoms. The van der Waals surface area contributed by atoms with Crippen molar-refractivity contribution in [3.63, 3.8) is 0 Å². The fourth-order valence-electron chi connectivity index (χ4n) is 0.256. The van der Waals surface area contributed by atoms with E-state index >= 15 is 0 Å². The highest BCUT2D eigenvalue weighted by Crippen LogP contribution is 1.91. The molecular formula is C6H6O2. The molecule has 0 rings (SSSR count). The second kappa shape index (κ2) is 4.03. The maximum Gasteiger partial charge on any atom is 0.128 e. The SMILES string of the molecule is C=CC(=C=O)CC=O. The summed E-state index contributed by atoms with van der Waals surface area (Å²) in [6, 6.07) is 0. The van der Waals surface area contributed by atoms with Gasteiger partial charge >= 0.3 is 0 Å². The number of hydrogen-bond acceptors (Lipinski definition) is 2. The normalized spacial score (nSPS) is 7.00. The van der Waals surface area contributed by atoms with Crippen LogP contribution in [0.5, 0.6) is 0 Å². The van der Waals surface area contributed by atoms with Gasteiger partial charge in [-0.05, 0) is 0 Å². The molecule has 0 aromatic heterocycles. The van der Waals surface area contributed by atoms with Gasteiger partial charge in [0.15, 0.2) is 0 Å². The first kappa shape index (κ1) is 6.86. The third-order valence-corrected chi connectivity index (χ3v) is 0.681. The number of allylic oxidation sites excluding steroid dienone is 2. The molecule has 2 heteroatoms. The molecule has 0 saturated heterocycles. The van der Waals surface area contributed by atoms with Crippen molar-refractivity contribution < 1.29 is 9.59 Å². The van der Waals surface area contributed by atoms with E-state index in [-0.39, 0.29) is 6.42 Å². The molecule has 0 aromatic carbocycles. The van der Waals surface area contributed by atoms with E-state index in [9.17, 15) is 9.59 Å². The quantitative estimate of drug-likeness (QED) is 0.301. The number of aldehydes is 1. The number of carbonyl (C=O) groups excluding carboxylic acids is 2. The van der Waals surface area contributed by atoms with Crippen LogP contribution >= 0.6 is 0 Å². The highest BCUT2D eigenvalue weighted by atomic mass is 16.1.